The molecule has 3 heterocycles. The van der Waals surface area contributed by atoms with Crippen LogP contribution < -0.4 is 5.32 Å². The summed E-state index contributed by atoms with van der Waals surface area (Å²) < 4.78 is 0. The third-order valence-corrected chi connectivity index (χ3v) is 4.80. The Morgan fingerprint density at radius 1 is 1.06 bits per heavy atom. The van der Waals surface area contributed by atoms with Gasteiger partial charge in [-0.2, -0.15) is 0 Å². The third-order valence-electron chi connectivity index (χ3n) is 4.80. The highest BCUT2D eigenvalue weighted by Crippen LogP contribution is 2.23. The summed E-state index contributed by atoms with van der Waals surface area (Å²) in [5.41, 5.74) is 0. The van der Waals surface area contributed by atoms with Crippen molar-refractivity contribution in [3.63, 3.8) is 0 Å². The molecule has 3 aliphatic rings. The number of piperidine rings is 2. The van der Waals surface area contributed by atoms with E-state index in [0.717, 1.165) is 45.6 Å². The molecule has 102 valence electrons. The number of carbonyl (C=O) groups excluding carboxylic acids is 1. The quantitative estimate of drug-likeness (QED) is 0.744. The molecule has 0 aromatic rings. The molecular weight excluding hydrogens is 226 g/mol. The molecule has 0 bridgehead atoms. The number of hydrogen-bond donors (Lipinski definition) is 1. The Morgan fingerprint density at radius 2 is 2.00 bits per heavy atom. The summed E-state index contributed by atoms with van der Waals surface area (Å²) in [4.78, 5) is 17.2. The van der Waals surface area contributed by atoms with Gasteiger partial charge in [-0.15, -0.1) is 0 Å². The molecule has 0 aromatic carbocycles. The average Bonchev–Trinajstić information content (AvgIpc) is 2.47. The number of carbonyl (C=O) groups is 1. The Labute approximate surface area is 110 Å². The standard InChI is InChI=1S/C14H25N3O/c18-14(12-4-3-6-15-10-12)17-9-8-16-7-2-1-5-13(16)11-17/h12-13,15H,1-11H2/t12-,13?/m0/s1. The second-order valence-electron chi connectivity index (χ2n) is 6.01. The maximum atomic E-state index is 12.5. The summed E-state index contributed by atoms with van der Waals surface area (Å²) >= 11 is 0. The molecule has 1 unspecified atom stereocenters. The van der Waals surface area contributed by atoms with Gasteiger partial charge in [0.05, 0.1) is 5.92 Å². The molecule has 0 aliphatic carbocycles. The molecule has 1 amide bonds. The monoisotopic (exact) mass is 251 g/mol. The van der Waals surface area contributed by atoms with Gasteiger partial charge in [0.25, 0.3) is 0 Å². The van der Waals surface area contributed by atoms with Crippen molar-refractivity contribution in [2.75, 3.05) is 39.3 Å². The zero-order valence-electron chi connectivity index (χ0n) is 11.2. The summed E-state index contributed by atoms with van der Waals surface area (Å²) in [6.45, 7) is 6.25. The van der Waals surface area contributed by atoms with Gasteiger partial charge in [-0.1, -0.05) is 6.42 Å². The van der Waals surface area contributed by atoms with Crippen molar-refractivity contribution < 1.29 is 4.79 Å². The van der Waals surface area contributed by atoms with Gasteiger partial charge in [0.2, 0.25) is 5.91 Å². The van der Waals surface area contributed by atoms with E-state index in [1.165, 1.54) is 25.8 Å². The van der Waals surface area contributed by atoms with E-state index >= 15 is 0 Å². The van der Waals surface area contributed by atoms with Crippen LogP contribution in [0.2, 0.25) is 0 Å². The second-order valence-corrected chi connectivity index (χ2v) is 6.01. The average molecular weight is 251 g/mol. The number of nitrogens with zero attached hydrogens (tertiary/aromatic N) is 2. The van der Waals surface area contributed by atoms with Crippen molar-refractivity contribution in [2.24, 2.45) is 5.92 Å². The fraction of sp³-hybridized carbons (Fsp3) is 0.929. The molecule has 18 heavy (non-hydrogen) atoms. The first-order valence-electron chi connectivity index (χ1n) is 7.58. The summed E-state index contributed by atoms with van der Waals surface area (Å²) in [5, 5.41) is 3.35. The lowest BCUT2D eigenvalue weighted by Gasteiger charge is -2.45. The Hall–Kier alpha value is -0.610. The van der Waals surface area contributed by atoms with E-state index in [-0.39, 0.29) is 5.92 Å². The molecule has 3 fully saturated rings. The highest BCUT2D eigenvalue weighted by atomic mass is 16.2. The summed E-state index contributed by atoms with van der Waals surface area (Å²) in [6, 6.07) is 0.646. The van der Waals surface area contributed by atoms with Crippen LogP contribution in [0.25, 0.3) is 0 Å². The summed E-state index contributed by atoms with van der Waals surface area (Å²) in [7, 11) is 0. The van der Waals surface area contributed by atoms with Crippen LogP contribution in [0, 0.1) is 5.92 Å². The smallest absolute Gasteiger partial charge is 0.227 e. The molecule has 0 aromatic heterocycles. The van der Waals surface area contributed by atoms with E-state index in [0.29, 0.717) is 11.9 Å². The van der Waals surface area contributed by atoms with Crippen LogP contribution in [-0.2, 0) is 4.79 Å². The van der Waals surface area contributed by atoms with Crippen molar-refractivity contribution in [2.45, 2.75) is 38.1 Å². The van der Waals surface area contributed by atoms with Crippen molar-refractivity contribution in [3.8, 4) is 0 Å². The first-order valence-corrected chi connectivity index (χ1v) is 7.58. The predicted molar refractivity (Wildman–Crippen MR) is 71.4 cm³/mol. The SMILES string of the molecule is O=C([C@H]1CCCNC1)N1CCN2CCCCC2C1. The largest absolute Gasteiger partial charge is 0.340 e. The van der Waals surface area contributed by atoms with Gasteiger partial charge in [0.15, 0.2) is 0 Å². The van der Waals surface area contributed by atoms with Gasteiger partial charge in [0.1, 0.15) is 0 Å². The molecule has 3 saturated heterocycles. The molecule has 3 rings (SSSR count). The highest BCUT2D eigenvalue weighted by Gasteiger charge is 2.33. The second kappa shape index (κ2) is 5.57. The number of piperazine rings is 1. The zero-order valence-corrected chi connectivity index (χ0v) is 11.2. The summed E-state index contributed by atoms with van der Waals surface area (Å²) in [6.07, 6.45) is 6.20. The van der Waals surface area contributed by atoms with Gasteiger partial charge >= 0.3 is 0 Å². The number of rotatable bonds is 1. The van der Waals surface area contributed by atoms with Gasteiger partial charge in [-0.3, -0.25) is 9.69 Å². The van der Waals surface area contributed by atoms with Gasteiger partial charge in [-0.25, -0.2) is 0 Å². The van der Waals surface area contributed by atoms with Crippen molar-refractivity contribution in [3.05, 3.63) is 0 Å². The molecule has 2 atom stereocenters. The van der Waals surface area contributed by atoms with Crippen LogP contribution in [0.5, 0.6) is 0 Å². The lowest BCUT2D eigenvalue weighted by molar-refractivity contribution is -0.139. The zero-order chi connectivity index (χ0) is 12.4. The molecule has 1 N–H and O–H groups in total. The maximum Gasteiger partial charge on any atom is 0.227 e. The van der Waals surface area contributed by atoms with E-state index in [4.69, 9.17) is 0 Å². The first-order chi connectivity index (χ1) is 8.84. The molecule has 0 radical (unpaired) electrons. The van der Waals surface area contributed by atoms with Crippen LogP contribution in [-0.4, -0.2) is 61.0 Å². The van der Waals surface area contributed by atoms with E-state index in [9.17, 15) is 4.79 Å². The number of hydrogen-bond acceptors (Lipinski definition) is 3. The normalized spacial score (nSPS) is 34.1. The molecule has 4 nitrogen and oxygen atoms in total. The Balaban J connectivity index is 1.57. The van der Waals surface area contributed by atoms with E-state index < -0.39 is 0 Å². The topological polar surface area (TPSA) is 35.6 Å². The number of nitrogens with one attached hydrogen (secondary N) is 1. The van der Waals surface area contributed by atoms with Gasteiger partial charge in [0, 0.05) is 32.2 Å². The first kappa shape index (κ1) is 12.4. The molecule has 4 heteroatoms. The van der Waals surface area contributed by atoms with Crippen molar-refractivity contribution >= 4 is 5.91 Å². The van der Waals surface area contributed by atoms with Crippen LogP contribution in [0.15, 0.2) is 0 Å². The Morgan fingerprint density at radius 3 is 2.83 bits per heavy atom. The molecule has 0 spiro atoms. The maximum absolute atomic E-state index is 12.5. The molecular formula is C14H25N3O. The number of amides is 1. The Bertz CT molecular complexity index is 301. The van der Waals surface area contributed by atoms with Crippen molar-refractivity contribution in [1.82, 2.24) is 15.1 Å². The van der Waals surface area contributed by atoms with Crippen molar-refractivity contribution in [1.29, 1.82) is 0 Å². The predicted octanol–water partition coefficient (Wildman–Crippen LogP) is 0.683. The van der Waals surface area contributed by atoms with Crippen LogP contribution in [0.3, 0.4) is 0 Å². The van der Waals surface area contributed by atoms with Gasteiger partial charge < -0.3 is 10.2 Å². The fourth-order valence-electron chi connectivity index (χ4n) is 3.68. The summed E-state index contributed by atoms with van der Waals surface area (Å²) in [5.74, 6) is 0.654. The van der Waals surface area contributed by atoms with E-state index in [1.54, 1.807) is 0 Å². The Kier molecular flexibility index (Phi) is 3.85. The highest BCUT2D eigenvalue weighted by molar-refractivity contribution is 5.79. The minimum absolute atomic E-state index is 0.244. The lowest BCUT2D eigenvalue weighted by atomic mass is 9.95. The molecule has 0 saturated carbocycles. The van der Waals surface area contributed by atoms with Crippen LogP contribution in [0.1, 0.15) is 32.1 Å². The van der Waals surface area contributed by atoms with Crippen LogP contribution in [0.4, 0.5) is 0 Å². The molecule has 3 aliphatic heterocycles. The fourth-order valence-corrected chi connectivity index (χ4v) is 3.68. The lowest BCUT2D eigenvalue weighted by Crippen LogP contribution is -2.57. The van der Waals surface area contributed by atoms with Crippen LogP contribution >= 0.6 is 0 Å². The van der Waals surface area contributed by atoms with E-state index in [1.807, 2.05) is 0 Å². The minimum Gasteiger partial charge on any atom is -0.340 e. The number of fused-ring (bicyclic) bond motifs is 1. The third kappa shape index (κ3) is 2.54. The van der Waals surface area contributed by atoms with Gasteiger partial charge in [-0.05, 0) is 38.8 Å². The van der Waals surface area contributed by atoms with E-state index in [2.05, 4.69) is 15.1 Å². The minimum atomic E-state index is 0.244.